The first-order chi connectivity index (χ1) is 7.76. The predicted molar refractivity (Wildman–Crippen MR) is 63.3 cm³/mol. The average Bonchev–Trinajstić information content (AvgIpc) is 2.79. The summed E-state index contributed by atoms with van der Waals surface area (Å²) in [7, 11) is 1.56. The number of methoxy groups -OCH3 is 1. The van der Waals surface area contributed by atoms with Crippen molar-refractivity contribution in [1.29, 1.82) is 0 Å². The van der Waals surface area contributed by atoms with Crippen LogP contribution in [0, 0.1) is 0 Å². The van der Waals surface area contributed by atoms with Crippen LogP contribution in [0.3, 0.4) is 0 Å². The van der Waals surface area contributed by atoms with Gasteiger partial charge in [0.15, 0.2) is 0 Å². The van der Waals surface area contributed by atoms with Crippen molar-refractivity contribution in [3.8, 4) is 0 Å². The van der Waals surface area contributed by atoms with Crippen LogP contribution in [0.25, 0.3) is 0 Å². The monoisotopic (exact) mass is 243 g/mol. The normalized spacial score (nSPS) is 12.4. The minimum atomic E-state index is -0.195. The molecule has 6 heteroatoms. The smallest absolute Gasteiger partial charge is 0.222 e. The number of amides is 1. The van der Waals surface area contributed by atoms with Crippen molar-refractivity contribution < 1.29 is 9.53 Å². The van der Waals surface area contributed by atoms with Crippen LogP contribution in [0.15, 0.2) is 11.6 Å². The van der Waals surface area contributed by atoms with Crippen LogP contribution >= 0.6 is 11.3 Å². The molecule has 1 unspecified atom stereocenters. The van der Waals surface area contributed by atoms with Gasteiger partial charge in [0.25, 0.3) is 0 Å². The molecule has 0 aliphatic heterocycles. The van der Waals surface area contributed by atoms with Gasteiger partial charge in [-0.25, -0.2) is 4.98 Å². The quantitative estimate of drug-likeness (QED) is 0.715. The van der Waals surface area contributed by atoms with Crippen LogP contribution in [0.5, 0.6) is 0 Å². The van der Waals surface area contributed by atoms with Crippen LogP contribution in [-0.2, 0) is 16.0 Å². The van der Waals surface area contributed by atoms with Gasteiger partial charge < -0.3 is 15.8 Å². The summed E-state index contributed by atoms with van der Waals surface area (Å²) >= 11 is 1.59. The van der Waals surface area contributed by atoms with Gasteiger partial charge in [0.1, 0.15) is 0 Å². The average molecular weight is 243 g/mol. The summed E-state index contributed by atoms with van der Waals surface area (Å²) in [5.74, 6) is -0.0335. The lowest BCUT2D eigenvalue weighted by molar-refractivity contribution is -0.123. The molecule has 90 valence electrons. The zero-order valence-electron chi connectivity index (χ0n) is 9.31. The van der Waals surface area contributed by atoms with Crippen LogP contribution in [0.1, 0.15) is 11.4 Å². The van der Waals surface area contributed by atoms with E-state index in [1.54, 1.807) is 24.6 Å². The number of hydrogen-bond donors (Lipinski definition) is 2. The maximum absolute atomic E-state index is 11.4. The molecule has 5 nitrogen and oxygen atoms in total. The Morgan fingerprint density at radius 1 is 1.75 bits per heavy atom. The van der Waals surface area contributed by atoms with Gasteiger partial charge in [-0.05, 0) is 0 Å². The highest BCUT2D eigenvalue weighted by Crippen LogP contribution is 2.03. The third kappa shape index (κ3) is 4.69. The number of carbonyl (C=O) groups excluding carboxylic acids is 1. The fraction of sp³-hybridized carbons (Fsp3) is 0.600. The van der Waals surface area contributed by atoms with Crippen LogP contribution in [0.4, 0.5) is 0 Å². The molecule has 1 rings (SSSR count). The van der Waals surface area contributed by atoms with Crippen LogP contribution < -0.4 is 11.1 Å². The number of aromatic nitrogens is 1. The van der Waals surface area contributed by atoms with Crippen LogP contribution in [-0.4, -0.2) is 37.2 Å². The minimum absolute atomic E-state index is 0.0335. The molecule has 0 fully saturated rings. The minimum Gasteiger partial charge on any atom is -0.380 e. The molecule has 1 atom stereocenters. The molecule has 0 bridgehead atoms. The molecule has 0 aromatic carbocycles. The largest absolute Gasteiger partial charge is 0.380 e. The SMILES string of the molecule is COC(CN)CC(=O)NCCc1nccs1. The van der Waals surface area contributed by atoms with E-state index in [2.05, 4.69) is 10.3 Å². The van der Waals surface area contributed by atoms with Gasteiger partial charge >= 0.3 is 0 Å². The zero-order valence-corrected chi connectivity index (χ0v) is 10.1. The molecule has 1 aromatic rings. The van der Waals surface area contributed by atoms with Crippen molar-refractivity contribution in [1.82, 2.24) is 10.3 Å². The number of nitrogens with zero attached hydrogens (tertiary/aromatic N) is 1. The maximum atomic E-state index is 11.4. The van der Waals surface area contributed by atoms with E-state index in [1.165, 1.54) is 0 Å². The molecule has 0 aliphatic carbocycles. The molecule has 1 amide bonds. The van der Waals surface area contributed by atoms with Crippen LogP contribution in [0.2, 0.25) is 0 Å². The van der Waals surface area contributed by atoms with Crippen molar-refractivity contribution in [3.63, 3.8) is 0 Å². The van der Waals surface area contributed by atoms with Crippen molar-refractivity contribution in [2.24, 2.45) is 5.73 Å². The van der Waals surface area contributed by atoms with E-state index in [9.17, 15) is 4.79 Å². The Labute approximate surface area is 99.0 Å². The van der Waals surface area contributed by atoms with Crippen molar-refractivity contribution in [2.75, 3.05) is 20.2 Å². The molecule has 0 saturated carbocycles. The molecule has 1 heterocycles. The first-order valence-electron chi connectivity index (χ1n) is 5.14. The summed E-state index contributed by atoms with van der Waals surface area (Å²) < 4.78 is 5.03. The molecule has 0 saturated heterocycles. The molecule has 1 aromatic heterocycles. The highest BCUT2D eigenvalue weighted by molar-refractivity contribution is 7.09. The summed E-state index contributed by atoms with van der Waals surface area (Å²) in [6, 6.07) is 0. The summed E-state index contributed by atoms with van der Waals surface area (Å²) in [4.78, 5) is 15.6. The maximum Gasteiger partial charge on any atom is 0.222 e. The van der Waals surface area contributed by atoms with E-state index in [1.807, 2.05) is 5.38 Å². The summed E-state index contributed by atoms with van der Waals surface area (Å²) in [5.41, 5.74) is 5.42. The Morgan fingerprint density at radius 3 is 3.12 bits per heavy atom. The molecule has 0 spiro atoms. The lowest BCUT2D eigenvalue weighted by atomic mass is 10.2. The zero-order chi connectivity index (χ0) is 11.8. The van der Waals surface area contributed by atoms with Crippen molar-refractivity contribution in [3.05, 3.63) is 16.6 Å². The standard InChI is InChI=1S/C10H17N3O2S/c1-15-8(7-11)6-9(14)12-3-2-10-13-4-5-16-10/h4-5,8H,2-3,6-7,11H2,1H3,(H,12,14). The Hall–Kier alpha value is -0.980. The van der Waals surface area contributed by atoms with E-state index in [0.29, 0.717) is 19.5 Å². The number of nitrogens with one attached hydrogen (secondary N) is 1. The highest BCUT2D eigenvalue weighted by atomic mass is 32.1. The molecule has 0 aliphatic rings. The number of hydrogen-bond acceptors (Lipinski definition) is 5. The second-order valence-corrected chi connectivity index (χ2v) is 4.30. The van der Waals surface area contributed by atoms with Gasteiger partial charge in [-0.1, -0.05) is 0 Å². The summed E-state index contributed by atoms with van der Waals surface area (Å²) in [6.07, 6.45) is 2.64. The van der Waals surface area contributed by atoms with Gasteiger partial charge in [-0.3, -0.25) is 4.79 Å². The third-order valence-corrected chi connectivity index (χ3v) is 2.99. The Bertz CT molecular complexity index is 299. The number of thiazole rings is 1. The lowest BCUT2D eigenvalue weighted by Gasteiger charge is -2.12. The third-order valence-electron chi connectivity index (χ3n) is 2.15. The highest BCUT2D eigenvalue weighted by Gasteiger charge is 2.10. The van der Waals surface area contributed by atoms with Gasteiger partial charge in [0, 0.05) is 38.2 Å². The Morgan fingerprint density at radius 2 is 2.56 bits per heavy atom. The van der Waals surface area contributed by atoms with E-state index >= 15 is 0 Å². The second kappa shape index (κ2) is 7.32. The summed E-state index contributed by atoms with van der Waals surface area (Å²) in [6.45, 7) is 0.962. The first-order valence-corrected chi connectivity index (χ1v) is 6.02. The van der Waals surface area contributed by atoms with Gasteiger partial charge in [-0.15, -0.1) is 11.3 Å². The number of rotatable bonds is 7. The number of carbonyl (C=O) groups is 1. The molecule has 16 heavy (non-hydrogen) atoms. The molecule has 0 radical (unpaired) electrons. The molecular weight excluding hydrogens is 226 g/mol. The van der Waals surface area contributed by atoms with Gasteiger partial charge in [0.05, 0.1) is 17.5 Å². The number of ether oxygens (including phenoxy) is 1. The molecular formula is C10H17N3O2S. The van der Waals surface area contributed by atoms with Crippen molar-refractivity contribution >= 4 is 17.2 Å². The Kier molecular flexibility index (Phi) is 5.99. The topological polar surface area (TPSA) is 77.2 Å². The van der Waals surface area contributed by atoms with Gasteiger partial charge in [0.2, 0.25) is 5.91 Å². The lowest BCUT2D eigenvalue weighted by Crippen LogP contribution is -2.33. The molecule has 3 N–H and O–H groups in total. The Balaban J connectivity index is 2.15. The van der Waals surface area contributed by atoms with E-state index in [0.717, 1.165) is 11.4 Å². The second-order valence-electron chi connectivity index (χ2n) is 3.32. The van der Waals surface area contributed by atoms with E-state index in [-0.39, 0.29) is 12.0 Å². The van der Waals surface area contributed by atoms with Crippen molar-refractivity contribution in [2.45, 2.75) is 18.9 Å². The fourth-order valence-electron chi connectivity index (χ4n) is 1.23. The first kappa shape index (κ1) is 13.1. The summed E-state index contributed by atoms with van der Waals surface area (Å²) in [5, 5.41) is 5.77. The number of nitrogens with two attached hydrogens (primary N) is 1. The van der Waals surface area contributed by atoms with E-state index < -0.39 is 0 Å². The van der Waals surface area contributed by atoms with Gasteiger partial charge in [-0.2, -0.15) is 0 Å². The predicted octanol–water partition coefficient (Wildman–Crippen LogP) is 0.166. The fourth-order valence-corrected chi connectivity index (χ4v) is 1.85. The van der Waals surface area contributed by atoms with E-state index in [4.69, 9.17) is 10.5 Å².